The minimum Gasteiger partial charge on any atom is -0.345 e. The first-order valence-electron chi connectivity index (χ1n) is 5.58. The van der Waals surface area contributed by atoms with Crippen molar-refractivity contribution in [1.29, 1.82) is 0 Å². The second-order valence-corrected chi connectivity index (χ2v) is 4.79. The van der Waals surface area contributed by atoms with Crippen molar-refractivity contribution in [2.24, 2.45) is 7.05 Å². The lowest BCUT2D eigenvalue weighted by Gasteiger charge is -2.06. The van der Waals surface area contributed by atoms with E-state index in [2.05, 4.69) is 31.4 Å². The van der Waals surface area contributed by atoms with E-state index in [0.717, 1.165) is 16.8 Å². The average Bonchev–Trinajstić information content (AvgIpc) is 2.92. The van der Waals surface area contributed by atoms with Crippen molar-refractivity contribution in [2.75, 3.05) is 0 Å². The van der Waals surface area contributed by atoms with Gasteiger partial charge in [-0.15, -0.1) is 10.2 Å². The van der Waals surface area contributed by atoms with Crippen LogP contribution < -0.4 is 5.32 Å². The Hall–Kier alpha value is -1.63. The molecular formula is C11H14BrN5O. The summed E-state index contributed by atoms with van der Waals surface area (Å²) in [6, 6.07) is 1.78. The van der Waals surface area contributed by atoms with Gasteiger partial charge >= 0.3 is 0 Å². The number of halogens is 1. The summed E-state index contributed by atoms with van der Waals surface area (Å²) in [5.74, 6) is 0.618. The Morgan fingerprint density at radius 2 is 2.33 bits per heavy atom. The molecule has 0 saturated carbocycles. The lowest BCUT2D eigenvalue weighted by molar-refractivity contribution is 0.0941. The lowest BCUT2D eigenvalue weighted by Crippen LogP contribution is -2.26. The van der Waals surface area contributed by atoms with Gasteiger partial charge in [0, 0.05) is 24.3 Å². The number of hydrogen-bond acceptors (Lipinski definition) is 3. The third kappa shape index (κ3) is 2.61. The number of carbonyl (C=O) groups excluding carboxylic acids is 1. The van der Waals surface area contributed by atoms with E-state index < -0.39 is 0 Å². The van der Waals surface area contributed by atoms with E-state index in [9.17, 15) is 4.79 Å². The fraction of sp³-hybridized carbons (Fsp3) is 0.364. The highest BCUT2D eigenvalue weighted by molar-refractivity contribution is 9.10. The standard InChI is InChI=1S/C11H14BrN5O/c1-3-17-7-14-15-10(17)5-13-11(18)9-4-8(12)6-16(9)2/h4,6-7H,3,5H2,1-2H3,(H,13,18). The van der Waals surface area contributed by atoms with Gasteiger partial charge in [-0.3, -0.25) is 4.79 Å². The molecule has 2 rings (SSSR count). The van der Waals surface area contributed by atoms with Crippen LogP contribution in [0.25, 0.3) is 0 Å². The van der Waals surface area contributed by atoms with Gasteiger partial charge in [0.15, 0.2) is 5.82 Å². The van der Waals surface area contributed by atoms with Gasteiger partial charge in [0.2, 0.25) is 0 Å². The molecule has 0 radical (unpaired) electrons. The molecule has 7 heteroatoms. The van der Waals surface area contributed by atoms with E-state index in [4.69, 9.17) is 0 Å². The molecule has 0 spiro atoms. The zero-order valence-corrected chi connectivity index (χ0v) is 11.8. The molecule has 2 heterocycles. The third-order valence-electron chi connectivity index (χ3n) is 2.65. The molecular weight excluding hydrogens is 298 g/mol. The molecule has 96 valence electrons. The first kappa shape index (κ1) is 12.8. The van der Waals surface area contributed by atoms with Gasteiger partial charge in [0.1, 0.15) is 12.0 Å². The smallest absolute Gasteiger partial charge is 0.268 e. The Morgan fingerprint density at radius 3 is 2.94 bits per heavy atom. The molecule has 0 bridgehead atoms. The Balaban J connectivity index is 2.03. The number of aryl methyl sites for hydroxylation is 2. The van der Waals surface area contributed by atoms with Crippen LogP contribution in [0.15, 0.2) is 23.1 Å². The summed E-state index contributed by atoms with van der Waals surface area (Å²) in [4.78, 5) is 12.0. The van der Waals surface area contributed by atoms with Crippen LogP contribution in [0.2, 0.25) is 0 Å². The van der Waals surface area contributed by atoms with Crippen molar-refractivity contribution in [1.82, 2.24) is 24.6 Å². The molecule has 2 aromatic heterocycles. The highest BCUT2D eigenvalue weighted by Crippen LogP contribution is 2.13. The van der Waals surface area contributed by atoms with Crippen LogP contribution in [0.4, 0.5) is 0 Å². The molecule has 2 aromatic rings. The Labute approximate surface area is 113 Å². The van der Waals surface area contributed by atoms with Crippen molar-refractivity contribution < 1.29 is 4.79 Å². The van der Waals surface area contributed by atoms with Crippen LogP contribution >= 0.6 is 15.9 Å². The lowest BCUT2D eigenvalue weighted by atomic mass is 10.4. The minimum atomic E-state index is -0.131. The molecule has 0 atom stereocenters. The molecule has 18 heavy (non-hydrogen) atoms. The summed E-state index contributed by atoms with van der Waals surface area (Å²) >= 11 is 3.34. The zero-order valence-electron chi connectivity index (χ0n) is 10.2. The number of carbonyl (C=O) groups is 1. The van der Waals surface area contributed by atoms with Crippen molar-refractivity contribution in [3.63, 3.8) is 0 Å². The molecule has 0 saturated heterocycles. The fourth-order valence-electron chi connectivity index (χ4n) is 1.68. The third-order valence-corrected chi connectivity index (χ3v) is 3.08. The second kappa shape index (κ2) is 5.34. The molecule has 0 fully saturated rings. The van der Waals surface area contributed by atoms with Crippen LogP contribution in [0.3, 0.4) is 0 Å². The first-order valence-corrected chi connectivity index (χ1v) is 6.38. The number of nitrogens with zero attached hydrogens (tertiary/aromatic N) is 4. The number of amides is 1. The molecule has 0 aliphatic rings. The Kier molecular flexibility index (Phi) is 3.81. The molecule has 1 N–H and O–H groups in total. The van der Waals surface area contributed by atoms with Crippen LogP contribution in [-0.2, 0) is 20.1 Å². The molecule has 0 aromatic carbocycles. The van der Waals surface area contributed by atoms with Gasteiger partial charge in [0.05, 0.1) is 6.54 Å². The van der Waals surface area contributed by atoms with E-state index in [-0.39, 0.29) is 5.91 Å². The molecule has 6 nitrogen and oxygen atoms in total. The van der Waals surface area contributed by atoms with Crippen molar-refractivity contribution in [3.8, 4) is 0 Å². The normalized spacial score (nSPS) is 10.6. The summed E-state index contributed by atoms with van der Waals surface area (Å²) in [6.45, 7) is 3.16. The van der Waals surface area contributed by atoms with Crippen LogP contribution in [-0.4, -0.2) is 25.2 Å². The number of rotatable bonds is 4. The van der Waals surface area contributed by atoms with Gasteiger partial charge in [0.25, 0.3) is 5.91 Å². The number of aromatic nitrogens is 4. The summed E-state index contributed by atoms with van der Waals surface area (Å²) in [7, 11) is 1.83. The monoisotopic (exact) mass is 311 g/mol. The van der Waals surface area contributed by atoms with Gasteiger partial charge in [-0.1, -0.05) is 0 Å². The van der Waals surface area contributed by atoms with Crippen LogP contribution in [0.5, 0.6) is 0 Å². The van der Waals surface area contributed by atoms with Crippen molar-refractivity contribution in [3.05, 3.63) is 34.6 Å². The summed E-state index contributed by atoms with van der Waals surface area (Å²) in [6.07, 6.45) is 3.49. The number of nitrogens with one attached hydrogen (secondary N) is 1. The van der Waals surface area contributed by atoms with Gasteiger partial charge in [-0.2, -0.15) is 0 Å². The summed E-state index contributed by atoms with van der Waals surface area (Å²) in [5.41, 5.74) is 0.601. The topological polar surface area (TPSA) is 64.7 Å². The maximum Gasteiger partial charge on any atom is 0.268 e. The second-order valence-electron chi connectivity index (χ2n) is 3.87. The summed E-state index contributed by atoms with van der Waals surface area (Å²) < 4.78 is 4.54. The highest BCUT2D eigenvalue weighted by Gasteiger charge is 2.12. The molecule has 0 unspecified atom stereocenters. The zero-order chi connectivity index (χ0) is 13.1. The van der Waals surface area contributed by atoms with E-state index in [1.165, 1.54) is 0 Å². The Bertz CT molecular complexity index is 560. The largest absolute Gasteiger partial charge is 0.345 e. The highest BCUT2D eigenvalue weighted by atomic mass is 79.9. The van der Waals surface area contributed by atoms with E-state index in [1.807, 2.05) is 24.7 Å². The fourth-order valence-corrected chi connectivity index (χ4v) is 2.20. The predicted octanol–water partition coefficient (Wildman–Crippen LogP) is 1.33. The van der Waals surface area contributed by atoms with Crippen molar-refractivity contribution >= 4 is 21.8 Å². The quantitative estimate of drug-likeness (QED) is 0.926. The maximum absolute atomic E-state index is 12.0. The Morgan fingerprint density at radius 1 is 1.56 bits per heavy atom. The van der Waals surface area contributed by atoms with E-state index >= 15 is 0 Å². The molecule has 1 amide bonds. The van der Waals surface area contributed by atoms with E-state index in [1.54, 1.807) is 17.0 Å². The number of hydrogen-bond donors (Lipinski definition) is 1. The van der Waals surface area contributed by atoms with Crippen LogP contribution in [0.1, 0.15) is 23.2 Å². The van der Waals surface area contributed by atoms with Gasteiger partial charge in [-0.05, 0) is 28.9 Å². The maximum atomic E-state index is 12.0. The van der Waals surface area contributed by atoms with Gasteiger partial charge < -0.3 is 14.5 Å². The van der Waals surface area contributed by atoms with Crippen molar-refractivity contribution in [2.45, 2.75) is 20.0 Å². The SMILES string of the molecule is CCn1cnnc1CNC(=O)c1cc(Br)cn1C. The van der Waals surface area contributed by atoms with E-state index in [0.29, 0.717) is 12.2 Å². The van der Waals surface area contributed by atoms with Crippen LogP contribution in [0, 0.1) is 0 Å². The van der Waals surface area contributed by atoms with Gasteiger partial charge in [-0.25, -0.2) is 0 Å². The average molecular weight is 312 g/mol. The predicted molar refractivity (Wildman–Crippen MR) is 70.0 cm³/mol. The summed E-state index contributed by atoms with van der Waals surface area (Å²) in [5, 5.41) is 10.6. The minimum absolute atomic E-state index is 0.131. The first-order chi connectivity index (χ1) is 8.61. The molecule has 0 aliphatic heterocycles. The molecule has 0 aliphatic carbocycles.